The van der Waals surface area contributed by atoms with Crippen LogP contribution in [0.4, 0.5) is 18.9 Å². The number of ether oxygens (including phenoxy) is 1. The van der Waals surface area contributed by atoms with Crippen molar-refractivity contribution in [3.05, 3.63) is 23.5 Å². The molecular weight excluding hydrogens is 331 g/mol. The fraction of sp³-hybridized carbons (Fsp3) is 0.500. The molecule has 7 nitrogen and oxygen atoms in total. The number of aromatic nitrogens is 1. The summed E-state index contributed by atoms with van der Waals surface area (Å²) >= 11 is 0. The number of nitrogens with zero attached hydrogens (tertiary/aromatic N) is 2. The molecule has 1 aromatic heterocycles. The highest BCUT2D eigenvalue weighted by molar-refractivity contribution is 5.78. The number of pyridine rings is 1. The van der Waals surface area contributed by atoms with E-state index in [9.17, 15) is 28.2 Å². The molecule has 0 bridgehead atoms. The number of carbonyl (C=O) groups is 1. The monoisotopic (exact) mass is 347 g/mol. The van der Waals surface area contributed by atoms with Crippen LogP contribution in [0.25, 0.3) is 0 Å². The van der Waals surface area contributed by atoms with Crippen LogP contribution in [-0.4, -0.2) is 40.1 Å². The van der Waals surface area contributed by atoms with Crippen LogP contribution in [0.5, 0.6) is 0 Å². The first-order valence-electron chi connectivity index (χ1n) is 6.95. The van der Waals surface area contributed by atoms with Gasteiger partial charge < -0.3 is 20.3 Å². The van der Waals surface area contributed by atoms with E-state index in [1.165, 1.54) is 6.07 Å². The lowest BCUT2D eigenvalue weighted by molar-refractivity contribution is -0.204. The maximum absolute atomic E-state index is 12.8. The molecule has 0 saturated carbocycles. The van der Waals surface area contributed by atoms with E-state index in [0.717, 1.165) is 12.6 Å². The lowest BCUT2D eigenvalue weighted by Gasteiger charge is -2.21. The Kier molecular flexibility index (Phi) is 6.51. The van der Waals surface area contributed by atoms with E-state index in [1.54, 1.807) is 0 Å². The Morgan fingerprint density at radius 3 is 2.67 bits per heavy atom. The molecule has 0 fully saturated rings. The van der Waals surface area contributed by atoms with Gasteiger partial charge in [-0.25, -0.2) is 9.78 Å². The number of anilines is 1. The largest absolute Gasteiger partial charge is 0.462 e. The predicted octanol–water partition coefficient (Wildman–Crippen LogP) is 1.41. The molecule has 10 heteroatoms. The van der Waals surface area contributed by atoms with Gasteiger partial charge in [0.1, 0.15) is 6.07 Å². The van der Waals surface area contributed by atoms with Crippen molar-refractivity contribution in [2.45, 2.75) is 31.7 Å². The second kappa shape index (κ2) is 7.94. The van der Waals surface area contributed by atoms with E-state index in [0.29, 0.717) is 12.5 Å². The van der Waals surface area contributed by atoms with Gasteiger partial charge in [-0.05, 0) is 12.5 Å². The molecule has 0 radical (unpaired) electrons. The second-order valence-corrected chi connectivity index (χ2v) is 4.89. The zero-order chi connectivity index (χ0) is 18.4. The highest BCUT2D eigenvalue weighted by atomic mass is 19.4. The molecule has 0 aromatic carbocycles. The fourth-order valence-electron chi connectivity index (χ4n) is 1.59. The number of halogens is 3. The molecule has 1 aromatic rings. The van der Waals surface area contributed by atoms with E-state index in [4.69, 9.17) is 5.26 Å². The predicted molar refractivity (Wildman–Crippen MR) is 75.5 cm³/mol. The first-order chi connectivity index (χ1) is 11.1. The first kappa shape index (κ1) is 19.7. The van der Waals surface area contributed by atoms with Crippen molar-refractivity contribution in [3.8, 4) is 6.07 Å². The summed E-state index contributed by atoms with van der Waals surface area (Å²) < 4.78 is 43.0. The van der Waals surface area contributed by atoms with Crippen molar-refractivity contribution >= 4 is 11.7 Å². The molecule has 1 rings (SSSR count). The van der Waals surface area contributed by atoms with Crippen LogP contribution in [-0.2, 0) is 15.7 Å². The Morgan fingerprint density at radius 2 is 2.12 bits per heavy atom. The third kappa shape index (κ3) is 5.36. The summed E-state index contributed by atoms with van der Waals surface area (Å²) in [7, 11) is 0. The topological polar surface area (TPSA) is 115 Å². The second-order valence-electron chi connectivity index (χ2n) is 4.89. The van der Waals surface area contributed by atoms with E-state index in [1.807, 2.05) is 6.92 Å². The first-order valence-corrected chi connectivity index (χ1v) is 6.95. The number of aliphatic hydroxyl groups is 2. The molecule has 0 amide bonds. The summed E-state index contributed by atoms with van der Waals surface area (Å²) in [5, 5.41) is 30.1. The number of hydrogen-bond acceptors (Lipinski definition) is 7. The molecule has 0 atom stereocenters. The number of nitriles is 1. The Labute approximate surface area is 135 Å². The normalized spacial score (nSPS) is 11.7. The van der Waals surface area contributed by atoms with Gasteiger partial charge in [-0.15, -0.1) is 0 Å². The Morgan fingerprint density at radius 1 is 1.46 bits per heavy atom. The number of alkyl halides is 3. The molecule has 24 heavy (non-hydrogen) atoms. The average Bonchev–Trinajstić information content (AvgIpc) is 2.52. The minimum absolute atomic E-state index is 0.00511. The molecule has 132 valence electrons. The molecule has 3 N–H and O–H groups in total. The number of rotatable bonds is 7. The van der Waals surface area contributed by atoms with Gasteiger partial charge in [0, 0.05) is 0 Å². The maximum Gasteiger partial charge on any atom is 0.419 e. The Hall–Kier alpha value is -2.38. The van der Waals surface area contributed by atoms with Crippen molar-refractivity contribution in [3.63, 3.8) is 0 Å². The van der Waals surface area contributed by atoms with Crippen molar-refractivity contribution < 1.29 is 32.9 Å². The van der Waals surface area contributed by atoms with Gasteiger partial charge in [-0.3, -0.25) is 0 Å². The van der Waals surface area contributed by atoms with Crippen LogP contribution in [0.3, 0.4) is 0 Å². The Balaban J connectivity index is 2.80. The SMILES string of the molecule is CCCCOC(=O)C(O)(O)CNc1cnc(C#N)c(C(F)(F)F)c1. The molecular formula is C14H16F3N3O4. The lowest BCUT2D eigenvalue weighted by atomic mass is 10.1. The summed E-state index contributed by atoms with van der Waals surface area (Å²) in [5.74, 6) is -4.24. The standard InChI is InChI=1S/C14H16F3N3O4/c1-2-3-4-24-12(21)13(22,23)8-20-9-5-10(14(15,16)17)11(6-18)19-7-9/h5,7,20,22-23H,2-4,8H2,1H3. The molecule has 0 unspecified atom stereocenters. The molecule has 0 aliphatic carbocycles. The molecule has 0 aliphatic heterocycles. The Bertz CT molecular complexity index is 627. The van der Waals surface area contributed by atoms with Crippen LogP contribution in [0.1, 0.15) is 31.0 Å². The smallest absolute Gasteiger partial charge is 0.419 e. The number of carbonyl (C=O) groups excluding carboxylic acids is 1. The van der Waals surface area contributed by atoms with Gasteiger partial charge in [0.15, 0.2) is 5.69 Å². The average molecular weight is 347 g/mol. The summed E-state index contributed by atoms with van der Waals surface area (Å²) in [5.41, 5.74) is -2.33. The van der Waals surface area contributed by atoms with Crippen molar-refractivity contribution in [2.24, 2.45) is 0 Å². The quantitative estimate of drug-likeness (QED) is 0.388. The van der Waals surface area contributed by atoms with Gasteiger partial charge in [0.2, 0.25) is 0 Å². The lowest BCUT2D eigenvalue weighted by Crippen LogP contribution is -2.46. The van der Waals surface area contributed by atoms with Gasteiger partial charge in [0.05, 0.1) is 30.6 Å². The minimum atomic E-state index is -4.80. The molecule has 0 saturated heterocycles. The van der Waals surface area contributed by atoms with Gasteiger partial charge in [0.25, 0.3) is 5.79 Å². The number of hydrogen-bond donors (Lipinski definition) is 3. The number of unbranched alkanes of at least 4 members (excludes halogenated alkanes) is 1. The third-order valence-corrected chi connectivity index (χ3v) is 2.90. The van der Waals surface area contributed by atoms with Crippen LogP contribution >= 0.6 is 0 Å². The van der Waals surface area contributed by atoms with Crippen molar-refractivity contribution in [2.75, 3.05) is 18.5 Å². The van der Waals surface area contributed by atoms with Crippen LogP contribution < -0.4 is 5.32 Å². The van der Waals surface area contributed by atoms with E-state index in [-0.39, 0.29) is 12.3 Å². The van der Waals surface area contributed by atoms with Crippen molar-refractivity contribution in [1.29, 1.82) is 5.26 Å². The van der Waals surface area contributed by atoms with E-state index in [2.05, 4.69) is 15.0 Å². The molecule has 0 aliphatic rings. The summed E-state index contributed by atoms with van der Waals surface area (Å²) in [6.45, 7) is 1.02. The summed E-state index contributed by atoms with van der Waals surface area (Å²) in [4.78, 5) is 14.8. The highest BCUT2D eigenvalue weighted by Gasteiger charge is 2.37. The minimum Gasteiger partial charge on any atom is -0.462 e. The number of esters is 1. The number of nitrogens with one attached hydrogen (secondary N) is 1. The summed E-state index contributed by atoms with van der Waals surface area (Å²) in [6.07, 6.45) is -2.63. The van der Waals surface area contributed by atoms with E-state index < -0.39 is 35.7 Å². The van der Waals surface area contributed by atoms with Crippen molar-refractivity contribution in [1.82, 2.24) is 4.98 Å². The summed E-state index contributed by atoms with van der Waals surface area (Å²) in [6, 6.07) is 1.90. The van der Waals surface area contributed by atoms with Crippen LogP contribution in [0.2, 0.25) is 0 Å². The molecule has 0 spiro atoms. The zero-order valence-corrected chi connectivity index (χ0v) is 12.7. The van der Waals surface area contributed by atoms with Gasteiger partial charge >= 0.3 is 12.1 Å². The van der Waals surface area contributed by atoms with Gasteiger partial charge in [-0.2, -0.15) is 18.4 Å². The fourth-order valence-corrected chi connectivity index (χ4v) is 1.59. The third-order valence-electron chi connectivity index (χ3n) is 2.90. The highest BCUT2D eigenvalue weighted by Crippen LogP contribution is 2.32. The van der Waals surface area contributed by atoms with E-state index >= 15 is 0 Å². The maximum atomic E-state index is 12.8. The van der Waals surface area contributed by atoms with Crippen LogP contribution in [0, 0.1) is 11.3 Å². The van der Waals surface area contributed by atoms with Gasteiger partial charge in [-0.1, -0.05) is 13.3 Å². The van der Waals surface area contributed by atoms with Crippen LogP contribution in [0.15, 0.2) is 12.3 Å². The zero-order valence-electron chi connectivity index (χ0n) is 12.7. The molecule has 1 heterocycles.